The number of nitrogens with zero attached hydrogens (tertiary/aromatic N) is 1. The summed E-state index contributed by atoms with van der Waals surface area (Å²) < 4.78 is 0. The maximum atomic E-state index is 5.94. The Bertz CT molecular complexity index is 506. The van der Waals surface area contributed by atoms with E-state index >= 15 is 0 Å². The molecule has 4 N–H and O–H groups in total. The van der Waals surface area contributed by atoms with Crippen molar-refractivity contribution in [2.24, 2.45) is 0 Å². The molecular formula is C13H16N4. The molecule has 0 amide bonds. The lowest BCUT2D eigenvalue weighted by Gasteiger charge is -2.09. The van der Waals surface area contributed by atoms with E-state index in [1.54, 1.807) is 0 Å². The predicted molar refractivity (Wildman–Crippen MR) is 67.7 cm³/mol. The lowest BCUT2D eigenvalue weighted by atomic mass is 10.1. The molecule has 1 aromatic carbocycles. The summed E-state index contributed by atoms with van der Waals surface area (Å²) in [5, 5.41) is 3.33. The third-order valence-electron chi connectivity index (χ3n) is 3.17. The molecule has 2 aromatic rings. The van der Waals surface area contributed by atoms with E-state index in [2.05, 4.69) is 21.4 Å². The molecule has 2 heterocycles. The molecular weight excluding hydrogens is 212 g/mol. The highest BCUT2D eigenvalue weighted by atomic mass is 15.0. The van der Waals surface area contributed by atoms with Crippen LogP contribution < -0.4 is 11.1 Å². The molecule has 3 rings (SSSR count). The first-order chi connectivity index (χ1) is 8.33. The number of imidazole rings is 1. The minimum Gasteiger partial charge on any atom is -0.398 e. The summed E-state index contributed by atoms with van der Waals surface area (Å²) in [5.74, 6) is 1.01. The summed E-state index contributed by atoms with van der Waals surface area (Å²) in [6.07, 6.45) is 1.79. The average molecular weight is 228 g/mol. The van der Waals surface area contributed by atoms with Crippen molar-refractivity contribution >= 4 is 5.69 Å². The molecule has 4 heteroatoms. The van der Waals surface area contributed by atoms with E-state index in [1.807, 2.05) is 18.2 Å². The molecule has 0 radical (unpaired) electrons. The maximum Gasteiger partial charge on any atom is 0.111 e. The van der Waals surface area contributed by atoms with E-state index in [9.17, 15) is 0 Å². The monoisotopic (exact) mass is 228 g/mol. The minimum absolute atomic E-state index is 0.777. The lowest BCUT2D eigenvalue weighted by Crippen LogP contribution is -2.23. The molecule has 1 aliphatic rings. The molecule has 1 aromatic heterocycles. The van der Waals surface area contributed by atoms with Gasteiger partial charge in [0.15, 0.2) is 0 Å². The zero-order chi connectivity index (χ0) is 11.7. The Morgan fingerprint density at radius 3 is 3.00 bits per heavy atom. The van der Waals surface area contributed by atoms with Crippen molar-refractivity contribution in [3.63, 3.8) is 0 Å². The molecule has 0 bridgehead atoms. The molecule has 0 aliphatic carbocycles. The number of rotatable bonds is 2. The molecule has 88 valence electrons. The van der Waals surface area contributed by atoms with Crippen molar-refractivity contribution in [1.29, 1.82) is 0 Å². The number of hydrogen-bond acceptors (Lipinski definition) is 3. The van der Waals surface area contributed by atoms with Crippen LogP contribution in [0.2, 0.25) is 0 Å². The highest BCUT2D eigenvalue weighted by Crippen LogP contribution is 2.17. The number of aromatic amines is 1. The number of benzene rings is 1. The molecule has 0 saturated heterocycles. The van der Waals surface area contributed by atoms with Crippen LogP contribution in [0.1, 0.15) is 22.8 Å². The zero-order valence-electron chi connectivity index (χ0n) is 9.66. The predicted octanol–water partition coefficient (Wildman–Crippen LogP) is 1.23. The van der Waals surface area contributed by atoms with Gasteiger partial charge < -0.3 is 16.0 Å². The number of H-pyrrole nitrogens is 1. The van der Waals surface area contributed by atoms with Gasteiger partial charge in [-0.15, -0.1) is 0 Å². The van der Waals surface area contributed by atoms with Gasteiger partial charge in [-0.3, -0.25) is 0 Å². The Hall–Kier alpha value is -1.81. The largest absolute Gasteiger partial charge is 0.398 e. The molecule has 4 nitrogen and oxygen atoms in total. The Kier molecular flexibility index (Phi) is 2.57. The van der Waals surface area contributed by atoms with E-state index < -0.39 is 0 Å². The highest BCUT2D eigenvalue weighted by molar-refractivity contribution is 5.47. The van der Waals surface area contributed by atoms with Crippen molar-refractivity contribution in [3.05, 3.63) is 47.0 Å². The normalized spacial score (nSPS) is 14.6. The van der Waals surface area contributed by atoms with Gasteiger partial charge in [-0.25, -0.2) is 4.98 Å². The molecule has 0 unspecified atom stereocenters. The van der Waals surface area contributed by atoms with Crippen molar-refractivity contribution in [3.8, 4) is 0 Å². The Labute approximate surface area is 100 Å². The summed E-state index contributed by atoms with van der Waals surface area (Å²) in [6, 6.07) is 7.95. The summed E-state index contributed by atoms with van der Waals surface area (Å²) in [4.78, 5) is 8.02. The van der Waals surface area contributed by atoms with Gasteiger partial charge in [0.25, 0.3) is 0 Å². The van der Waals surface area contributed by atoms with E-state index in [-0.39, 0.29) is 0 Å². The van der Waals surface area contributed by atoms with Gasteiger partial charge in [0, 0.05) is 31.6 Å². The number of anilines is 1. The third kappa shape index (κ3) is 2.03. The van der Waals surface area contributed by atoms with Crippen LogP contribution in [0.15, 0.2) is 24.3 Å². The van der Waals surface area contributed by atoms with Gasteiger partial charge in [-0.1, -0.05) is 18.2 Å². The lowest BCUT2D eigenvalue weighted by molar-refractivity contribution is 0.627. The molecule has 17 heavy (non-hydrogen) atoms. The van der Waals surface area contributed by atoms with E-state index in [0.29, 0.717) is 0 Å². The fourth-order valence-corrected chi connectivity index (χ4v) is 2.24. The van der Waals surface area contributed by atoms with Crippen LogP contribution in [-0.2, 0) is 19.4 Å². The number of nitrogens with two attached hydrogens (primary N) is 1. The van der Waals surface area contributed by atoms with Crippen molar-refractivity contribution in [2.45, 2.75) is 19.4 Å². The molecule has 0 spiro atoms. The second-order valence-corrected chi connectivity index (χ2v) is 4.41. The van der Waals surface area contributed by atoms with Gasteiger partial charge in [0.05, 0.1) is 11.4 Å². The Morgan fingerprint density at radius 1 is 1.29 bits per heavy atom. The Morgan fingerprint density at radius 2 is 2.18 bits per heavy atom. The number of nitrogens with one attached hydrogen (secondary N) is 2. The minimum atomic E-state index is 0.777. The van der Waals surface area contributed by atoms with Crippen LogP contribution in [0.3, 0.4) is 0 Å². The summed E-state index contributed by atoms with van der Waals surface area (Å²) >= 11 is 0. The third-order valence-corrected chi connectivity index (χ3v) is 3.17. The topological polar surface area (TPSA) is 66.7 Å². The smallest absolute Gasteiger partial charge is 0.111 e. The summed E-state index contributed by atoms with van der Waals surface area (Å²) in [6.45, 7) is 1.91. The maximum absolute atomic E-state index is 5.94. The van der Waals surface area contributed by atoms with Crippen molar-refractivity contribution in [2.75, 3.05) is 12.3 Å². The first-order valence-electron chi connectivity index (χ1n) is 5.93. The van der Waals surface area contributed by atoms with Crippen LogP contribution in [0, 0.1) is 0 Å². The first-order valence-corrected chi connectivity index (χ1v) is 5.93. The fourth-order valence-electron chi connectivity index (χ4n) is 2.24. The van der Waals surface area contributed by atoms with Crippen LogP contribution in [0.4, 0.5) is 5.69 Å². The van der Waals surface area contributed by atoms with E-state index in [0.717, 1.165) is 43.0 Å². The highest BCUT2D eigenvalue weighted by Gasteiger charge is 2.14. The Balaban J connectivity index is 1.86. The first kappa shape index (κ1) is 10.4. The van der Waals surface area contributed by atoms with Gasteiger partial charge in [0.1, 0.15) is 5.82 Å². The van der Waals surface area contributed by atoms with Gasteiger partial charge in [-0.2, -0.15) is 0 Å². The summed E-state index contributed by atoms with van der Waals surface area (Å²) in [5.41, 5.74) is 10.3. The molecule has 1 aliphatic heterocycles. The van der Waals surface area contributed by atoms with E-state index in [4.69, 9.17) is 5.73 Å². The van der Waals surface area contributed by atoms with Crippen molar-refractivity contribution < 1.29 is 0 Å². The average Bonchev–Trinajstić information content (AvgIpc) is 2.74. The SMILES string of the molecule is Nc1ccccc1Cc1nc2c([nH]1)CNCC2. The van der Waals surface area contributed by atoms with Crippen LogP contribution >= 0.6 is 0 Å². The second-order valence-electron chi connectivity index (χ2n) is 4.41. The van der Waals surface area contributed by atoms with Gasteiger partial charge in [0.2, 0.25) is 0 Å². The number of aromatic nitrogens is 2. The van der Waals surface area contributed by atoms with Gasteiger partial charge >= 0.3 is 0 Å². The molecule has 0 fully saturated rings. The number of nitrogen functional groups attached to an aromatic ring is 1. The molecule has 0 saturated carbocycles. The van der Waals surface area contributed by atoms with Crippen LogP contribution in [0.25, 0.3) is 0 Å². The summed E-state index contributed by atoms with van der Waals surface area (Å²) in [7, 11) is 0. The fraction of sp³-hybridized carbons (Fsp3) is 0.308. The number of para-hydroxylation sites is 1. The van der Waals surface area contributed by atoms with Crippen LogP contribution in [-0.4, -0.2) is 16.5 Å². The van der Waals surface area contributed by atoms with Crippen LogP contribution in [0.5, 0.6) is 0 Å². The quantitative estimate of drug-likeness (QED) is 0.677. The zero-order valence-corrected chi connectivity index (χ0v) is 9.66. The van der Waals surface area contributed by atoms with Crippen molar-refractivity contribution in [1.82, 2.24) is 15.3 Å². The molecule has 0 atom stereocenters. The van der Waals surface area contributed by atoms with Gasteiger partial charge in [-0.05, 0) is 11.6 Å². The number of hydrogen-bond donors (Lipinski definition) is 3. The standard InChI is InChI=1S/C13H16N4/c14-10-4-2-1-3-9(10)7-13-16-11-5-6-15-8-12(11)17-13/h1-4,15H,5-8,14H2,(H,16,17). The second kappa shape index (κ2) is 4.22. The van der Waals surface area contributed by atoms with E-state index in [1.165, 1.54) is 11.4 Å². The number of fused-ring (bicyclic) bond motifs is 1.